The topological polar surface area (TPSA) is 66.9 Å². The second-order valence-electron chi connectivity index (χ2n) is 6.06. The third-order valence-corrected chi connectivity index (χ3v) is 4.11. The Kier molecular flexibility index (Phi) is 4.86. The molecule has 3 rings (SSSR count). The quantitative estimate of drug-likeness (QED) is 0.890. The fourth-order valence-corrected chi connectivity index (χ4v) is 2.90. The fourth-order valence-electron chi connectivity index (χ4n) is 2.90. The first-order valence-corrected chi connectivity index (χ1v) is 8.14. The van der Waals surface area contributed by atoms with E-state index < -0.39 is 0 Å². The molecule has 0 bridgehead atoms. The van der Waals surface area contributed by atoms with Crippen molar-refractivity contribution >= 4 is 11.9 Å². The van der Waals surface area contributed by atoms with E-state index >= 15 is 0 Å². The molecule has 120 valence electrons. The van der Waals surface area contributed by atoms with Crippen LogP contribution in [-0.4, -0.2) is 21.9 Å². The number of aromatic nitrogens is 2. The van der Waals surface area contributed by atoms with Crippen molar-refractivity contribution in [3.05, 3.63) is 53.3 Å². The van der Waals surface area contributed by atoms with Gasteiger partial charge in [-0.15, -0.1) is 0 Å². The number of anilines is 1. The van der Waals surface area contributed by atoms with E-state index in [1.165, 1.54) is 18.4 Å². The van der Waals surface area contributed by atoms with E-state index in [2.05, 4.69) is 45.7 Å². The van der Waals surface area contributed by atoms with Crippen molar-refractivity contribution in [1.29, 1.82) is 0 Å². The lowest BCUT2D eigenvalue weighted by molar-refractivity contribution is 0.0933. The Morgan fingerprint density at radius 2 is 2.09 bits per heavy atom. The monoisotopic (exact) mass is 310 g/mol. The largest absolute Gasteiger partial charge is 0.350 e. The number of aryl methyl sites for hydroxylation is 1. The predicted octanol–water partition coefficient (Wildman–Crippen LogP) is 3.07. The highest BCUT2D eigenvalue weighted by Gasteiger charge is 2.18. The molecule has 5 heteroatoms. The SMILES string of the molecule is Cc1cccc(CNc2nccc(C(=O)NC3CCCC3)n2)c1. The summed E-state index contributed by atoms with van der Waals surface area (Å²) in [5.74, 6) is 0.364. The number of amides is 1. The van der Waals surface area contributed by atoms with E-state index in [1.807, 2.05) is 6.07 Å². The van der Waals surface area contributed by atoms with Crippen molar-refractivity contribution in [2.45, 2.75) is 45.2 Å². The predicted molar refractivity (Wildman–Crippen MR) is 90.3 cm³/mol. The molecule has 0 aliphatic heterocycles. The Bertz CT molecular complexity index is 680. The van der Waals surface area contributed by atoms with Crippen molar-refractivity contribution in [3.8, 4) is 0 Å². The van der Waals surface area contributed by atoms with Crippen LogP contribution in [0.15, 0.2) is 36.5 Å². The normalized spacial score (nSPS) is 14.7. The van der Waals surface area contributed by atoms with Gasteiger partial charge in [-0.2, -0.15) is 0 Å². The molecular formula is C18H22N4O. The summed E-state index contributed by atoms with van der Waals surface area (Å²) < 4.78 is 0. The summed E-state index contributed by atoms with van der Waals surface area (Å²) in [6.07, 6.45) is 6.13. The smallest absolute Gasteiger partial charge is 0.270 e. The maximum absolute atomic E-state index is 12.2. The van der Waals surface area contributed by atoms with E-state index in [-0.39, 0.29) is 5.91 Å². The minimum Gasteiger partial charge on any atom is -0.350 e. The van der Waals surface area contributed by atoms with Crippen LogP contribution in [0.3, 0.4) is 0 Å². The lowest BCUT2D eigenvalue weighted by Crippen LogP contribution is -2.33. The van der Waals surface area contributed by atoms with Crippen molar-refractivity contribution in [2.24, 2.45) is 0 Å². The summed E-state index contributed by atoms with van der Waals surface area (Å²) in [7, 11) is 0. The van der Waals surface area contributed by atoms with Gasteiger partial charge in [0.15, 0.2) is 0 Å². The van der Waals surface area contributed by atoms with Crippen molar-refractivity contribution in [3.63, 3.8) is 0 Å². The first-order valence-electron chi connectivity index (χ1n) is 8.14. The van der Waals surface area contributed by atoms with Crippen LogP contribution in [0.25, 0.3) is 0 Å². The summed E-state index contributed by atoms with van der Waals surface area (Å²) in [5, 5.41) is 6.22. The Hall–Kier alpha value is -2.43. The second-order valence-corrected chi connectivity index (χ2v) is 6.06. The highest BCUT2D eigenvalue weighted by atomic mass is 16.1. The van der Waals surface area contributed by atoms with Crippen molar-refractivity contribution < 1.29 is 4.79 Å². The van der Waals surface area contributed by atoms with Gasteiger partial charge in [0.25, 0.3) is 5.91 Å². The average molecular weight is 310 g/mol. The first-order chi connectivity index (χ1) is 11.2. The number of nitrogens with one attached hydrogen (secondary N) is 2. The maximum atomic E-state index is 12.2. The number of rotatable bonds is 5. The van der Waals surface area contributed by atoms with Crippen LogP contribution in [0, 0.1) is 6.92 Å². The summed E-state index contributed by atoms with van der Waals surface area (Å²) in [6, 6.07) is 10.2. The summed E-state index contributed by atoms with van der Waals surface area (Å²) in [6.45, 7) is 2.70. The number of carbonyl (C=O) groups excluding carboxylic acids is 1. The second kappa shape index (κ2) is 7.22. The van der Waals surface area contributed by atoms with E-state index in [4.69, 9.17) is 0 Å². The Morgan fingerprint density at radius 3 is 2.87 bits per heavy atom. The zero-order chi connectivity index (χ0) is 16.1. The maximum Gasteiger partial charge on any atom is 0.270 e. The standard InChI is InChI=1S/C18H22N4O/c1-13-5-4-6-14(11-13)12-20-18-19-10-9-16(22-18)17(23)21-15-7-2-3-8-15/h4-6,9-11,15H,2-3,7-8,12H2,1H3,(H,21,23)(H,19,20,22). The van der Waals surface area contributed by atoms with Gasteiger partial charge < -0.3 is 10.6 Å². The van der Waals surface area contributed by atoms with Gasteiger partial charge in [-0.1, -0.05) is 42.7 Å². The molecule has 0 unspecified atom stereocenters. The third-order valence-electron chi connectivity index (χ3n) is 4.11. The molecule has 0 spiro atoms. The average Bonchev–Trinajstić information content (AvgIpc) is 3.06. The molecule has 1 aliphatic rings. The molecule has 0 atom stereocenters. The number of benzene rings is 1. The summed E-state index contributed by atoms with van der Waals surface area (Å²) in [4.78, 5) is 20.7. The zero-order valence-corrected chi connectivity index (χ0v) is 13.4. The Morgan fingerprint density at radius 1 is 1.26 bits per heavy atom. The molecular weight excluding hydrogens is 288 g/mol. The van der Waals surface area contributed by atoms with Crippen LogP contribution in [0.4, 0.5) is 5.95 Å². The van der Waals surface area contributed by atoms with Gasteiger partial charge in [0.2, 0.25) is 5.95 Å². The summed E-state index contributed by atoms with van der Waals surface area (Å²) in [5.41, 5.74) is 2.79. The van der Waals surface area contributed by atoms with Gasteiger partial charge in [-0.3, -0.25) is 4.79 Å². The minimum absolute atomic E-state index is 0.113. The molecule has 1 aromatic heterocycles. The van der Waals surface area contributed by atoms with E-state index in [1.54, 1.807) is 12.3 Å². The minimum atomic E-state index is -0.113. The molecule has 2 N–H and O–H groups in total. The molecule has 1 aliphatic carbocycles. The number of hydrogen-bond acceptors (Lipinski definition) is 4. The highest BCUT2D eigenvalue weighted by Crippen LogP contribution is 2.18. The Balaban J connectivity index is 1.61. The first kappa shape index (κ1) is 15.5. The molecule has 1 aromatic carbocycles. The van der Waals surface area contributed by atoms with Crippen LogP contribution < -0.4 is 10.6 Å². The van der Waals surface area contributed by atoms with Crippen LogP contribution >= 0.6 is 0 Å². The third kappa shape index (κ3) is 4.28. The molecule has 1 fully saturated rings. The van der Waals surface area contributed by atoms with Gasteiger partial charge in [0, 0.05) is 18.8 Å². The van der Waals surface area contributed by atoms with Crippen LogP contribution in [0.5, 0.6) is 0 Å². The van der Waals surface area contributed by atoms with E-state index in [9.17, 15) is 4.79 Å². The number of nitrogens with zero attached hydrogens (tertiary/aromatic N) is 2. The molecule has 1 saturated carbocycles. The van der Waals surface area contributed by atoms with Crippen molar-refractivity contribution in [1.82, 2.24) is 15.3 Å². The molecule has 0 saturated heterocycles. The molecule has 2 aromatic rings. The lowest BCUT2D eigenvalue weighted by atomic mass is 10.1. The fraction of sp³-hybridized carbons (Fsp3) is 0.389. The highest BCUT2D eigenvalue weighted by molar-refractivity contribution is 5.92. The lowest BCUT2D eigenvalue weighted by Gasteiger charge is -2.12. The molecule has 5 nitrogen and oxygen atoms in total. The van der Waals surface area contributed by atoms with Crippen molar-refractivity contribution in [2.75, 3.05) is 5.32 Å². The molecule has 1 amide bonds. The summed E-state index contributed by atoms with van der Waals surface area (Å²) >= 11 is 0. The van der Waals surface area contributed by atoms with Crippen LogP contribution in [0.2, 0.25) is 0 Å². The molecule has 1 heterocycles. The number of carbonyl (C=O) groups is 1. The van der Waals surface area contributed by atoms with Gasteiger partial charge in [-0.25, -0.2) is 9.97 Å². The van der Waals surface area contributed by atoms with E-state index in [0.717, 1.165) is 18.4 Å². The van der Waals surface area contributed by atoms with Gasteiger partial charge in [0.1, 0.15) is 5.69 Å². The van der Waals surface area contributed by atoms with Crippen LogP contribution in [0.1, 0.15) is 47.3 Å². The Labute approximate surface area is 136 Å². The number of hydrogen-bond donors (Lipinski definition) is 2. The molecule has 0 radical (unpaired) electrons. The molecule has 23 heavy (non-hydrogen) atoms. The van der Waals surface area contributed by atoms with Gasteiger partial charge in [-0.05, 0) is 31.4 Å². The zero-order valence-electron chi connectivity index (χ0n) is 13.4. The van der Waals surface area contributed by atoms with Crippen LogP contribution in [-0.2, 0) is 6.54 Å². The van der Waals surface area contributed by atoms with Gasteiger partial charge in [0.05, 0.1) is 0 Å². The van der Waals surface area contributed by atoms with Gasteiger partial charge >= 0.3 is 0 Å². The van der Waals surface area contributed by atoms with E-state index in [0.29, 0.717) is 24.2 Å².